The van der Waals surface area contributed by atoms with E-state index in [-0.39, 0.29) is 17.5 Å². The second kappa shape index (κ2) is 8.24. The summed E-state index contributed by atoms with van der Waals surface area (Å²) in [4.78, 5) is 0.789. The van der Waals surface area contributed by atoms with E-state index < -0.39 is 17.2 Å². The predicted molar refractivity (Wildman–Crippen MR) is 105 cm³/mol. The van der Waals surface area contributed by atoms with Gasteiger partial charge in [0.15, 0.2) is 10.7 Å². The van der Waals surface area contributed by atoms with Crippen molar-refractivity contribution in [2.75, 3.05) is 4.72 Å². The normalized spacial score (nSPS) is 12.9. The summed E-state index contributed by atoms with van der Waals surface area (Å²) < 4.78 is 30.0. The second-order valence-electron chi connectivity index (χ2n) is 7.34. The minimum atomic E-state index is -1.52. The number of rotatable bonds is 6. The van der Waals surface area contributed by atoms with Crippen LogP contribution in [-0.4, -0.2) is 4.55 Å². The van der Waals surface area contributed by atoms with Crippen molar-refractivity contribution >= 4 is 17.0 Å². The molecule has 0 saturated carbocycles. The zero-order valence-electron chi connectivity index (χ0n) is 15.9. The van der Waals surface area contributed by atoms with Gasteiger partial charge in [0.1, 0.15) is 17.0 Å². The van der Waals surface area contributed by atoms with Crippen LogP contribution in [0.5, 0.6) is 0 Å². The van der Waals surface area contributed by atoms with Gasteiger partial charge in [-0.3, -0.25) is 0 Å². The highest BCUT2D eigenvalue weighted by Crippen LogP contribution is 2.36. The molecular formula is C21H28FNOS. The van der Waals surface area contributed by atoms with E-state index in [1.165, 1.54) is 11.6 Å². The molecule has 2 aromatic carbocycles. The number of para-hydroxylation sites is 1. The summed E-state index contributed by atoms with van der Waals surface area (Å²) in [5.41, 5.74) is 3.64. The van der Waals surface area contributed by atoms with E-state index >= 15 is 0 Å². The van der Waals surface area contributed by atoms with Crippen molar-refractivity contribution in [2.24, 2.45) is 0 Å². The van der Waals surface area contributed by atoms with Crippen molar-refractivity contribution in [1.82, 2.24) is 0 Å². The average molecular weight is 362 g/mol. The van der Waals surface area contributed by atoms with Crippen molar-refractivity contribution in [3.63, 3.8) is 0 Å². The van der Waals surface area contributed by atoms with Crippen LogP contribution in [0.4, 0.5) is 10.1 Å². The number of anilines is 1. The predicted octanol–water partition coefficient (Wildman–Crippen LogP) is 6.33. The van der Waals surface area contributed by atoms with E-state index in [0.717, 1.165) is 16.0 Å². The molecule has 1 atom stereocenters. The van der Waals surface area contributed by atoms with E-state index in [1.807, 2.05) is 0 Å². The van der Waals surface area contributed by atoms with E-state index in [0.29, 0.717) is 5.92 Å². The molecule has 0 amide bonds. The van der Waals surface area contributed by atoms with Gasteiger partial charge in [-0.2, -0.15) is 0 Å². The Balaban J connectivity index is 2.55. The molecule has 0 aliphatic carbocycles. The largest absolute Gasteiger partial charge is 0.588 e. The fourth-order valence-corrected chi connectivity index (χ4v) is 4.28. The van der Waals surface area contributed by atoms with Crippen LogP contribution < -0.4 is 4.72 Å². The molecule has 0 aliphatic rings. The first-order chi connectivity index (χ1) is 11.7. The average Bonchev–Trinajstić information content (AvgIpc) is 2.55. The zero-order valence-corrected chi connectivity index (χ0v) is 16.7. The summed E-state index contributed by atoms with van der Waals surface area (Å²) in [6.45, 7) is 12.7. The smallest absolute Gasteiger partial charge is 0.186 e. The van der Waals surface area contributed by atoms with Gasteiger partial charge >= 0.3 is 0 Å². The Morgan fingerprint density at radius 3 is 1.84 bits per heavy atom. The first kappa shape index (κ1) is 19.8. The van der Waals surface area contributed by atoms with Crippen molar-refractivity contribution < 1.29 is 8.94 Å². The number of hydrogen-bond donors (Lipinski definition) is 1. The van der Waals surface area contributed by atoms with Gasteiger partial charge in [0.2, 0.25) is 0 Å². The van der Waals surface area contributed by atoms with Crippen molar-refractivity contribution in [1.29, 1.82) is 0 Å². The second-order valence-corrected chi connectivity index (χ2v) is 8.49. The van der Waals surface area contributed by atoms with Gasteiger partial charge < -0.3 is 4.55 Å². The minimum absolute atomic E-state index is 0.234. The first-order valence-corrected chi connectivity index (χ1v) is 9.98. The molecule has 2 aromatic rings. The first-order valence-electron chi connectivity index (χ1n) is 8.83. The maximum Gasteiger partial charge on any atom is 0.186 e. The number of benzene rings is 2. The Bertz CT molecular complexity index is 699. The molecule has 0 aliphatic heterocycles. The summed E-state index contributed by atoms with van der Waals surface area (Å²) >= 11 is -1.52. The lowest BCUT2D eigenvalue weighted by Gasteiger charge is -2.23. The highest BCUT2D eigenvalue weighted by atomic mass is 32.2. The van der Waals surface area contributed by atoms with E-state index in [1.54, 1.807) is 18.2 Å². The Kier molecular flexibility index (Phi) is 6.53. The summed E-state index contributed by atoms with van der Waals surface area (Å²) in [7, 11) is 0. The van der Waals surface area contributed by atoms with Crippen LogP contribution in [0.2, 0.25) is 0 Å². The Morgan fingerprint density at radius 2 is 1.40 bits per heavy atom. The molecule has 0 radical (unpaired) electrons. The lowest BCUT2D eigenvalue weighted by atomic mass is 9.89. The van der Waals surface area contributed by atoms with Crippen LogP contribution >= 0.6 is 0 Å². The lowest BCUT2D eigenvalue weighted by molar-refractivity contribution is 0.592. The maximum atomic E-state index is 14.0. The SMILES string of the molecule is CC(C)c1cc(C(C)C)c([S+]([O-])Nc2ccccc2F)c(C(C)C)c1. The Labute approximate surface area is 154 Å². The Morgan fingerprint density at radius 1 is 0.880 bits per heavy atom. The van der Waals surface area contributed by atoms with Gasteiger partial charge in [-0.1, -0.05) is 65.8 Å². The molecule has 1 N–H and O–H groups in total. The van der Waals surface area contributed by atoms with Crippen LogP contribution in [0, 0.1) is 5.82 Å². The van der Waals surface area contributed by atoms with Crippen molar-refractivity contribution in [3.05, 3.63) is 58.9 Å². The minimum Gasteiger partial charge on any atom is -0.588 e. The van der Waals surface area contributed by atoms with Crippen LogP contribution in [0.15, 0.2) is 41.3 Å². The lowest BCUT2D eigenvalue weighted by Crippen LogP contribution is -2.19. The third kappa shape index (κ3) is 4.56. The molecule has 0 aromatic heterocycles. The molecule has 2 rings (SSSR count). The number of halogens is 1. The van der Waals surface area contributed by atoms with Crippen LogP contribution in [0.25, 0.3) is 0 Å². The topological polar surface area (TPSA) is 35.1 Å². The maximum absolute atomic E-state index is 14.0. The van der Waals surface area contributed by atoms with Crippen LogP contribution in [-0.2, 0) is 11.4 Å². The van der Waals surface area contributed by atoms with E-state index in [9.17, 15) is 8.94 Å². The summed E-state index contributed by atoms with van der Waals surface area (Å²) in [6.07, 6.45) is 0. The van der Waals surface area contributed by atoms with Gasteiger partial charge in [0.05, 0.1) is 0 Å². The molecule has 0 bridgehead atoms. The molecule has 0 saturated heterocycles. The van der Waals surface area contributed by atoms with E-state index in [2.05, 4.69) is 58.4 Å². The van der Waals surface area contributed by atoms with Gasteiger partial charge in [-0.15, -0.1) is 0 Å². The molecule has 0 spiro atoms. The molecule has 0 heterocycles. The molecular weight excluding hydrogens is 333 g/mol. The molecule has 0 fully saturated rings. The summed E-state index contributed by atoms with van der Waals surface area (Å²) in [6, 6.07) is 10.6. The van der Waals surface area contributed by atoms with Gasteiger partial charge in [-0.05, 0) is 35.4 Å². The molecule has 1 unspecified atom stereocenters. The quantitative estimate of drug-likeness (QED) is 0.610. The summed E-state index contributed by atoms with van der Waals surface area (Å²) in [5.74, 6) is 0.471. The third-order valence-electron chi connectivity index (χ3n) is 4.34. The molecule has 2 nitrogen and oxygen atoms in total. The molecule has 25 heavy (non-hydrogen) atoms. The van der Waals surface area contributed by atoms with Gasteiger partial charge in [0.25, 0.3) is 0 Å². The fourth-order valence-electron chi connectivity index (χ4n) is 2.80. The van der Waals surface area contributed by atoms with Crippen molar-refractivity contribution in [2.45, 2.75) is 64.2 Å². The summed E-state index contributed by atoms with van der Waals surface area (Å²) in [5, 5.41) is 0. The molecule has 136 valence electrons. The number of nitrogens with one attached hydrogen (secondary N) is 1. The number of hydrogen-bond acceptors (Lipinski definition) is 2. The molecule has 4 heteroatoms. The standard InChI is InChI=1S/C21H28FNOS/c1-13(2)16-11-17(14(3)4)21(18(12-16)15(5)6)25(24)23-20-10-8-7-9-19(20)22/h7-15,23H,1-6H3. The van der Waals surface area contributed by atoms with Gasteiger partial charge in [-0.25, -0.2) is 9.11 Å². The Hall–Kier alpha value is -1.52. The van der Waals surface area contributed by atoms with Crippen LogP contribution in [0.1, 0.15) is 76.0 Å². The highest BCUT2D eigenvalue weighted by Gasteiger charge is 2.27. The van der Waals surface area contributed by atoms with Gasteiger partial charge in [0, 0.05) is 11.1 Å². The fraction of sp³-hybridized carbons (Fsp3) is 0.429. The van der Waals surface area contributed by atoms with Crippen molar-refractivity contribution in [3.8, 4) is 0 Å². The van der Waals surface area contributed by atoms with E-state index in [4.69, 9.17) is 0 Å². The zero-order chi connectivity index (χ0) is 18.7. The highest BCUT2D eigenvalue weighted by molar-refractivity contribution is 7.92. The monoisotopic (exact) mass is 361 g/mol. The van der Waals surface area contributed by atoms with Crippen LogP contribution in [0.3, 0.4) is 0 Å². The third-order valence-corrected chi connectivity index (χ3v) is 5.59.